The summed E-state index contributed by atoms with van der Waals surface area (Å²) in [6.07, 6.45) is 5.78. The quantitative estimate of drug-likeness (QED) is 0.527. The summed E-state index contributed by atoms with van der Waals surface area (Å²) >= 11 is 0. The fourth-order valence-corrected chi connectivity index (χ4v) is 5.15. The molecule has 3 fully saturated rings. The van der Waals surface area contributed by atoms with Gasteiger partial charge >= 0.3 is 11.9 Å². The number of hydrogen-bond donors (Lipinski definition) is 0. The standard InChI is InChI=1S/C21H32O5/c1-6-7-8-10-19(4)11-9-14(15(19)22)25-17(24)21-13-12-20(5,16(23)26-21)18(21,2)3/h14H,6-13H2,1-5H3/t14-,19+,20+,21+/m0/s1. The Morgan fingerprint density at radius 3 is 2.35 bits per heavy atom. The summed E-state index contributed by atoms with van der Waals surface area (Å²) in [5.74, 6) is -0.831. The van der Waals surface area contributed by atoms with Crippen molar-refractivity contribution in [3.63, 3.8) is 0 Å². The molecule has 0 amide bonds. The Hall–Kier alpha value is -1.39. The molecule has 1 saturated heterocycles. The second kappa shape index (κ2) is 6.07. The zero-order valence-electron chi connectivity index (χ0n) is 16.8. The van der Waals surface area contributed by atoms with Crippen LogP contribution >= 0.6 is 0 Å². The molecule has 3 aliphatic rings. The average Bonchev–Trinajstić information content (AvgIpc) is 3.02. The fourth-order valence-electron chi connectivity index (χ4n) is 5.15. The van der Waals surface area contributed by atoms with Gasteiger partial charge in [-0.05, 0) is 39.0 Å². The van der Waals surface area contributed by atoms with E-state index in [1.165, 1.54) is 0 Å². The number of esters is 2. The van der Waals surface area contributed by atoms with E-state index in [2.05, 4.69) is 6.92 Å². The Kier molecular flexibility index (Phi) is 4.52. The van der Waals surface area contributed by atoms with Crippen molar-refractivity contribution >= 4 is 17.7 Å². The van der Waals surface area contributed by atoms with Crippen molar-refractivity contribution in [3.8, 4) is 0 Å². The first-order valence-electron chi connectivity index (χ1n) is 10.0. The molecular formula is C21H32O5. The van der Waals surface area contributed by atoms with Crippen LogP contribution in [0.4, 0.5) is 0 Å². The summed E-state index contributed by atoms with van der Waals surface area (Å²) in [5.41, 5.74) is -2.95. The lowest BCUT2D eigenvalue weighted by Crippen LogP contribution is -2.50. The molecule has 0 aromatic rings. The number of hydrogen-bond acceptors (Lipinski definition) is 5. The van der Waals surface area contributed by atoms with Gasteiger partial charge in [-0.2, -0.15) is 0 Å². The minimum Gasteiger partial charge on any atom is -0.451 e. The molecular weight excluding hydrogens is 332 g/mol. The summed E-state index contributed by atoms with van der Waals surface area (Å²) < 4.78 is 11.3. The van der Waals surface area contributed by atoms with Crippen LogP contribution in [0.25, 0.3) is 0 Å². The lowest BCUT2D eigenvalue weighted by atomic mass is 9.66. The van der Waals surface area contributed by atoms with Gasteiger partial charge in [-0.3, -0.25) is 9.59 Å². The van der Waals surface area contributed by atoms with Crippen molar-refractivity contribution in [1.29, 1.82) is 0 Å². The number of carbonyl (C=O) groups excluding carboxylic acids is 3. The normalized spacial score (nSPS) is 40.7. The number of unbranched alkanes of at least 4 members (excludes halogenated alkanes) is 2. The zero-order chi connectivity index (χ0) is 19.4. The van der Waals surface area contributed by atoms with Crippen LogP contribution in [0.15, 0.2) is 0 Å². The molecule has 0 radical (unpaired) electrons. The van der Waals surface area contributed by atoms with E-state index in [-0.39, 0.29) is 11.8 Å². The Morgan fingerprint density at radius 1 is 1.12 bits per heavy atom. The molecule has 1 heterocycles. The number of fused-ring (bicyclic) bond motifs is 2. The van der Waals surface area contributed by atoms with Crippen LogP contribution in [0.1, 0.15) is 86.0 Å². The van der Waals surface area contributed by atoms with E-state index in [0.29, 0.717) is 19.3 Å². The summed E-state index contributed by atoms with van der Waals surface area (Å²) in [6, 6.07) is 0. The topological polar surface area (TPSA) is 69.7 Å². The maximum absolute atomic E-state index is 13.0. The van der Waals surface area contributed by atoms with Crippen LogP contribution in [0.2, 0.25) is 0 Å². The molecule has 3 rings (SSSR count). The van der Waals surface area contributed by atoms with Gasteiger partial charge in [0.2, 0.25) is 5.60 Å². The summed E-state index contributed by atoms with van der Waals surface area (Å²) in [5, 5.41) is 0. The smallest absolute Gasteiger partial charge is 0.351 e. The molecule has 1 aliphatic heterocycles. The number of Topliss-reactive ketones (excluding diaryl/α,β-unsaturated/α-hetero) is 1. The van der Waals surface area contributed by atoms with Crippen molar-refractivity contribution in [2.75, 3.05) is 0 Å². The van der Waals surface area contributed by atoms with Crippen molar-refractivity contribution in [3.05, 3.63) is 0 Å². The first-order valence-corrected chi connectivity index (χ1v) is 10.0. The van der Waals surface area contributed by atoms with Crippen molar-refractivity contribution in [2.24, 2.45) is 16.2 Å². The van der Waals surface area contributed by atoms with Crippen LogP contribution < -0.4 is 0 Å². The van der Waals surface area contributed by atoms with Crippen molar-refractivity contribution in [1.82, 2.24) is 0 Å². The van der Waals surface area contributed by atoms with Gasteiger partial charge in [0.05, 0.1) is 5.41 Å². The average molecular weight is 364 g/mol. The molecule has 0 unspecified atom stereocenters. The predicted molar refractivity (Wildman–Crippen MR) is 96.3 cm³/mol. The van der Waals surface area contributed by atoms with E-state index in [9.17, 15) is 14.4 Å². The minimum atomic E-state index is -1.25. The van der Waals surface area contributed by atoms with Gasteiger partial charge in [-0.25, -0.2) is 4.79 Å². The highest BCUT2D eigenvalue weighted by Gasteiger charge is 2.76. The van der Waals surface area contributed by atoms with E-state index in [1.807, 2.05) is 27.7 Å². The molecule has 0 spiro atoms. The largest absolute Gasteiger partial charge is 0.451 e. The summed E-state index contributed by atoms with van der Waals surface area (Å²) in [4.78, 5) is 38.3. The SMILES string of the molecule is CCCCC[C@]1(C)CC[C@H](OC(=O)[C@@]23CC[C@](C)(C(=O)O2)C3(C)C)C1=O. The van der Waals surface area contributed by atoms with E-state index in [4.69, 9.17) is 9.47 Å². The van der Waals surface area contributed by atoms with Gasteiger partial charge in [-0.1, -0.05) is 47.0 Å². The lowest BCUT2D eigenvalue weighted by Gasteiger charge is -2.35. The van der Waals surface area contributed by atoms with E-state index < -0.39 is 33.9 Å². The van der Waals surface area contributed by atoms with E-state index >= 15 is 0 Å². The van der Waals surface area contributed by atoms with Crippen molar-refractivity contribution in [2.45, 2.75) is 97.7 Å². The zero-order valence-corrected chi connectivity index (χ0v) is 16.8. The van der Waals surface area contributed by atoms with Gasteiger partial charge in [0.15, 0.2) is 11.9 Å². The molecule has 2 bridgehead atoms. The molecule has 26 heavy (non-hydrogen) atoms. The second-order valence-electron chi connectivity index (χ2n) is 9.49. The highest BCUT2D eigenvalue weighted by Crippen LogP contribution is 2.66. The molecule has 0 aromatic carbocycles. The first-order chi connectivity index (χ1) is 12.0. The van der Waals surface area contributed by atoms with Gasteiger partial charge in [0, 0.05) is 10.8 Å². The summed E-state index contributed by atoms with van der Waals surface area (Å²) in [7, 11) is 0. The number of ketones is 1. The van der Waals surface area contributed by atoms with Crippen molar-refractivity contribution < 1.29 is 23.9 Å². The molecule has 5 nitrogen and oxygen atoms in total. The molecule has 5 heteroatoms. The molecule has 2 saturated carbocycles. The van der Waals surface area contributed by atoms with Crippen LogP contribution in [0, 0.1) is 16.2 Å². The third-order valence-electron chi connectivity index (χ3n) is 7.84. The van der Waals surface area contributed by atoms with Gasteiger partial charge in [-0.15, -0.1) is 0 Å². The van der Waals surface area contributed by atoms with Gasteiger partial charge in [0.25, 0.3) is 0 Å². The predicted octanol–water partition coefficient (Wildman–Crippen LogP) is 3.97. The van der Waals surface area contributed by atoms with E-state index in [0.717, 1.165) is 32.1 Å². The van der Waals surface area contributed by atoms with Crippen LogP contribution in [0.5, 0.6) is 0 Å². The third-order valence-corrected chi connectivity index (χ3v) is 7.84. The third kappa shape index (κ3) is 2.38. The van der Waals surface area contributed by atoms with E-state index in [1.54, 1.807) is 0 Å². The first kappa shape index (κ1) is 19.4. The molecule has 4 atom stereocenters. The molecule has 2 aliphatic carbocycles. The van der Waals surface area contributed by atoms with Crippen LogP contribution in [-0.2, 0) is 23.9 Å². The maximum Gasteiger partial charge on any atom is 0.351 e. The fraction of sp³-hybridized carbons (Fsp3) is 0.857. The Balaban J connectivity index is 1.72. The second-order valence-corrected chi connectivity index (χ2v) is 9.49. The Labute approximate surface area is 156 Å². The highest BCUT2D eigenvalue weighted by molar-refractivity contribution is 5.96. The number of carbonyl (C=O) groups is 3. The summed E-state index contributed by atoms with van der Waals surface area (Å²) in [6.45, 7) is 9.80. The number of ether oxygens (including phenoxy) is 2. The molecule has 0 N–H and O–H groups in total. The lowest BCUT2D eigenvalue weighted by molar-refractivity contribution is -0.187. The Morgan fingerprint density at radius 2 is 1.81 bits per heavy atom. The van der Waals surface area contributed by atoms with Crippen LogP contribution in [-0.4, -0.2) is 29.4 Å². The Bertz CT molecular complexity index is 638. The molecule has 0 aromatic heterocycles. The van der Waals surface area contributed by atoms with Gasteiger partial charge in [0.1, 0.15) is 0 Å². The molecule has 146 valence electrons. The van der Waals surface area contributed by atoms with Gasteiger partial charge < -0.3 is 9.47 Å². The maximum atomic E-state index is 13.0. The monoisotopic (exact) mass is 364 g/mol. The number of rotatable bonds is 6. The highest BCUT2D eigenvalue weighted by atomic mass is 16.6. The minimum absolute atomic E-state index is 0.0289. The van der Waals surface area contributed by atoms with Crippen LogP contribution in [0.3, 0.4) is 0 Å².